The highest BCUT2D eigenvalue weighted by atomic mass is 79.9. The number of halogens is 1. The first kappa shape index (κ1) is 16.9. The van der Waals surface area contributed by atoms with Crippen LogP contribution in [0.2, 0.25) is 0 Å². The molecular formula is C18H23BrO. The van der Waals surface area contributed by atoms with E-state index in [1.165, 1.54) is 24.0 Å². The fraction of sp³-hybridized carbons (Fsp3) is 0.333. The van der Waals surface area contributed by atoms with Gasteiger partial charge in [-0.3, -0.25) is 0 Å². The summed E-state index contributed by atoms with van der Waals surface area (Å²) < 4.78 is 5.39. The molecule has 0 aromatic heterocycles. The normalized spacial score (nSPS) is 11.4. The zero-order valence-corrected chi connectivity index (χ0v) is 14.1. The molecule has 0 bridgehead atoms. The van der Waals surface area contributed by atoms with Crippen molar-refractivity contribution in [1.29, 1.82) is 0 Å². The van der Waals surface area contributed by atoms with Gasteiger partial charge in [-0.15, -0.1) is 0 Å². The van der Waals surface area contributed by atoms with Gasteiger partial charge in [0.1, 0.15) is 0 Å². The quantitative estimate of drug-likeness (QED) is 0.702. The Hall–Kier alpha value is -1.12. The summed E-state index contributed by atoms with van der Waals surface area (Å²) in [5, 5.41) is 0. The van der Waals surface area contributed by atoms with Crippen molar-refractivity contribution < 1.29 is 4.74 Å². The third-order valence-electron chi connectivity index (χ3n) is 3.05. The maximum Gasteiger partial charge on any atom is 0.0351 e. The molecule has 1 atom stereocenters. The minimum atomic E-state index is 0.522. The van der Waals surface area contributed by atoms with Crippen molar-refractivity contribution in [2.45, 2.75) is 25.7 Å². The summed E-state index contributed by atoms with van der Waals surface area (Å²) in [7, 11) is 3.25. The van der Waals surface area contributed by atoms with Gasteiger partial charge in [0.15, 0.2) is 0 Å². The van der Waals surface area contributed by atoms with Crippen LogP contribution in [0.15, 0.2) is 59.1 Å². The molecule has 0 aliphatic heterocycles. The van der Waals surface area contributed by atoms with Gasteiger partial charge in [0.05, 0.1) is 0 Å². The molecule has 0 N–H and O–H groups in total. The Kier molecular flexibility index (Phi) is 8.24. The second-order valence-electron chi connectivity index (χ2n) is 4.71. The van der Waals surface area contributed by atoms with Crippen LogP contribution in [-0.4, -0.2) is 14.2 Å². The minimum Gasteiger partial charge on any atom is -0.388 e. The molecule has 0 amide bonds. The largest absolute Gasteiger partial charge is 0.388 e. The zero-order valence-electron chi connectivity index (χ0n) is 12.5. The van der Waals surface area contributed by atoms with Gasteiger partial charge in [-0.05, 0) is 29.7 Å². The Labute approximate surface area is 131 Å². The molecule has 0 aliphatic rings. The molecule has 0 radical (unpaired) electrons. The van der Waals surface area contributed by atoms with Crippen LogP contribution in [0.3, 0.4) is 0 Å². The summed E-state index contributed by atoms with van der Waals surface area (Å²) in [6, 6.07) is 19.5. The maximum atomic E-state index is 4.25. The highest BCUT2D eigenvalue weighted by Crippen LogP contribution is 2.29. The molecule has 0 aliphatic carbocycles. The van der Waals surface area contributed by atoms with Crippen molar-refractivity contribution in [3.63, 3.8) is 0 Å². The predicted molar refractivity (Wildman–Crippen MR) is 90.3 cm³/mol. The van der Waals surface area contributed by atoms with Crippen LogP contribution >= 0.6 is 15.9 Å². The number of hydrogen-bond acceptors (Lipinski definition) is 1. The van der Waals surface area contributed by atoms with Gasteiger partial charge in [0, 0.05) is 24.6 Å². The highest BCUT2D eigenvalue weighted by molar-refractivity contribution is 9.10. The highest BCUT2D eigenvalue weighted by Gasteiger charge is 2.12. The average Bonchev–Trinajstić information content (AvgIpc) is 2.48. The van der Waals surface area contributed by atoms with E-state index in [1.54, 1.807) is 14.2 Å². The molecule has 2 heteroatoms. The number of hydrogen-bond donors (Lipinski definition) is 0. The molecule has 0 spiro atoms. The van der Waals surface area contributed by atoms with Crippen molar-refractivity contribution in [1.82, 2.24) is 0 Å². The Bertz CT molecular complexity index is 465. The van der Waals surface area contributed by atoms with E-state index in [9.17, 15) is 0 Å². The standard InChI is InChI=1S/C16H17Br.C2H6O/c1-2-6-16(13-7-4-3-5-8-13)14-9-11-15(17)12-10-14;1-3-2/h3-5,7-12,16H,2,6H2,1H3;1-2H3. The molecule has 108 valence electrons. The van der Waals surface area contributed by atoms with Crippen molar-refractivity contribution in [2.24, 2.45) is 0 Å². The predicted octanol–water partition coefficient (Wildman–Crippen LogP) is 5.64. The summed E-state index contributed by atoms with van der Waals surface area (Å²) in [5.41, 5.74) is 2.82. The molecule has 20 heavy (non-hydrogen) atoms. The lowest BCUT2D eigenvalue weighted by Crippen LogP contribution is -2.00. The van der Waals surface area contributed by atoms with Crippen molar-refractivity contribution in [3.05, 3.63) is 70.2 Å². The van der Waals surface area contributed by atoms with Gasteiger partial charge in [-0.1, -0.05) is 71.7 Å². The van der Waals surface area contributed by atoms with Crippen molar-refractivity contribution in [2.75, 3.05) is 14.2 Å². The lowest BCUT2D eigenvalue weighted by atomic mass is 9.88. The summed E-state index contributed by atoms with van der Waals surface area (Å²) >= 11 is 3.49. The molecule has 1 unspecified atom stereocenters. The van der Waals surface area contributed by atoms with Crippen LogP contribution in [0, 0.1) is 0 Å². The smallest absolute Gasteiger partial charge is 0.0351 e. The van der Waals surface area contributed by atoms with Crippen LogP contribution in [-0.2, 0) is 4.74 Å². The monoisotopic (exact) mass is 334 g/mol. The van der Waals surface area contributed by atoms with E-state index in [1.807, 2.05) is 0 Å². The Morgan fingerprint density at radius 1 is 0.900 bits per heavy atom. The van der Waals surface area contributed by atoms with Gasteiger partial charge in [0.2, 0.25) is 0 Å². The van der Waals surface area contributed by atoms with Crippen molar-refractivity contribution in [3.8, 4) is 0 Å². The number of ether oxygens (including phenoxy) is 1. The van der Waals surface area contributed by atoms with E-state index < -0.39 is 0 Å². The maximum absolute atomic E-state index is 4.25. The molecule has 2 rings (SSSR count). The van der Waals surface area contributed by atoms with Gasteiger partial charge in [-0.2, -0.15) is 0 Å². The fourth-order valence-corrected chi connectivity index (χ4v) is 2.46. The van der Waals surface area contributed by atoms with Crippen molar-refractivity contribution >= 4 is 15.9 Å². The molecule has 0 saturated carbocycles. The zero-order chi connectivity index (χ0) is 14.8. The van der Waals surface area contributed by atoms with Gasteiger partial charge in [0.25, 0.3) is 0 Å². The van der Waals surface area contributed by atoms with Gasteiger partial charge >= 0.3 is 0 Å². The molecule has 2 aromatic rings. The molecule has 0 fully saturated rings. The second-order valence-corrected chi connectivity index (χ2v) is 5.63. The first-order valence-electron chi connectivity index (χ1n) is 6.93. The summed E-state index contributed by atoms with van der Waals surface area (Å²) in [6.07, 6.45) is 2.40. The third-order valence-corrected chi connectivity index (χ3v) is 3.58. The lowest BCUT2D eigenvalue weighted by Gasteiger charge is -2.17. The van der Waals surface area contributed by atoms with Crippen LogP contribution in [0.1, 0.15) is 36.8 Å². The Balaban J connectivity index is 0.000000612. The van der Waals surface area contributed by atoms with E-state index in [0.29, 0.717) is 5.92 Å². The first-order chi connectivity index (χ1) is 9.72. The first-order valence-corrected chi connectivity index (χ1v) is 7.72. The van der Waals surface area contributed by atoms with E-state index in [0.717, 1.165) is 4.47 Å². The molecule has 2 aromatic carbocycles. The second kappa shape index (κ2) is 9.73. The molecule has 0 saturated heterocycles. The Morgan fingerprint density at radius 2 is 1.40 bits per heavy atom. The number of benzene rings is 2. The van der Waals surface area contributed by atoms with E-state index in [4.69, 9.17) is 0 Å². The lowest BCUT2D eigenvalue weighted by molar-refractivity contribution is 0.277. The molecule has 0 heterocycles. The third kappa shape index (κ3) is 5.48. The average molecular weight is 335 g/mol. The van der Waals surface area contributed by atoms with E-state index in [-0.39, 0.29) is 0 Å². The van der Waals surface area contributed by atoms with Crippen LogP contribution in [0.25, 0.3) is 0 Å². The number of rotatable bonds is 4. The molecular weight excluding hydrogens is 312 g/mol. The SMILES string of the molecule is CCCC(c1ccccc1)c1ccc(Br)cc1.COC. The number of methoxy groups -OCH3 is 1. The topological polar surface area (TPSA) is 9.23 Å². The Morgan fingerprint density at radius 3 is 1.90 bits per heavy atom. The minimum absolute atomic E-state index is 0.522. The van der Waals surface area contributed by atoms with E-state index in [2.05, 4.69) is 82.2 Å². The van der Waals surface area contributed by atoms with Crippen LogP contribution < -0.4 is 0 Å². The van der Waals surface area contributed by atoms with Crippen LogP contribution in [0.5, 0.6) is 0 Å². The molecule has 1 nitrogen and oxygen atoms in total. The van der Waals surface area contributed by atoms with Crippen LogP contribution in [0.4, 0.5) is 0 Å². The fourth-order valence-electron chi connectivity index (χ4n) is 2.19. The van der Waals surface area contributed by atoms with Gasteiger partial charge in [-0.25, -0.2) is 0 Å². The summed E-state index contributed by atoms with van der Waals surface area (Å²) in [4.78, 5) is 0. The summed E-state index contributed by atoms with van der Waals surface area (Å²) in [5.74, 6) is 0.522. The van der Waals surface area contributed by atoms with E-state index >= 15 is 0 Å². The van der Waals surface area contributed by atoms with Gasteiger partial charge < -0.3 is 4.74 Å². The summed E-state index contributed by atoms with van der Waals surface area (Å²) in [6.45, 7) is 2.24.